The standard InChI is InChI=1S/C21H28O4/c1-19-7-5-14(22)11-13(19)3-4-15-16-6-8-21(24-9-10-25-21)20(16,2)12-17(23)18(15)19/h11,15-16,18H,3-10,12H2,1-2H3/t15-,16-,18+,19+,20-/m1/s1. The minimum Gasteiger partial charge on any atom is -0.347 e. The van der Waals surface area contributed by atoms with Crippen molar-refractivity contribution in [3.8, 4) is 0 Å². The summed E-state index contributed by atoms with van der Waals surface area (Å²) in [7, 11) is 0. The van der Waals surface area contributed by atoms with Crippen molar-refractivity contribution in [1.29, 1.82) is 0 Å². The molecule has 5 aliphatic rings. The normalized spacial score (nSPS) is 48.1. The van der Waals surface area contributed by atoms with E-state index in [-0.39, 0.29) is 22.5 Å². The zero-order valence-electron chi connectivity index (χ0n) is 15.3. The van der Waals surface area contributed by atoms with Crippen molar-refractivity contribution in [1.82, 2.24) is 0 Å². The molecule has 1 spiro atoms. The van der Waals surface area contributed by atoms with Gasteiger partial charge in [0.05, 0.1) is 13.2 Å². The second kappa shape index (κ2) is 5.04. The number of hydrogen-bond donors (Lipinski definition) is 0. The van der Waals surface area contributed by atoms with Crippen molar-refractivity contribution in [3.63, 3.8) is 0 Å². The van der Waals surface area contributed by atoms with Gasteiger partial charge >= 0.3 is 0 Å². The lowest BCUT2D eigenvalue weighted by molar-refractivity contribution is -0.239. The van der Waals surface area contributed by atoms with E-state index in [9.17, 15) is 9.59 Å². The smallest absolute Gasteiger partial charge is 0.174 e. The zero-order valence-corrected chi connectivity index (χ0v) is 15.3. The molecule has 0 radical (unpaired) electrons. The van der Waals surface area contributed by atoms with Gasteiger partial charge in [-0.05, 0) is 49.0 Å². The van der Waals surface area contributed by atoms with E-state index in [1.54, 1.807) is 0 Å². The highest BCUT2D eigenvalue weighted by molar-refractivity contribution is 5.93. The van der Waals surface area contributed by atoms with Gasteiger partial charge in [-0.15, -0.1) is 0 Å². The molecular weight excluding hydrogens is 316 g/mol. The number of carbonyl (C=O) groups excluding carboxylic acids is 2. The Labute approximate surface area is 149 Å². The summed E-state index contributed by atoms with van der Waals surface area (Å²) in [5, 5.41) is 0. The molecule has 4 nitrogen and oxygen atoms in total. The van der Waals surface area contributed by atoms with Crippen molar-refractivity contribution >= 4 is 11.6 Å². The molecule has 4 fully saturated rings. The second-order valence-electron chi connectivity index (χ2n) is 9.39. The third-order valence-electron chi connectivity index (χ3n) is 8.45. The van der Waals surface area contributed by atoms with Gasteiger partial charge in [0, 0.05) is 30.6 Å². The highest BCUT2D eigenvalue weighted by Crippen LogP contribution is 2.67. The van der Waals surface area contributed by atoms with Gasteiger partial charge in [-0.3, -0.25) is 9.59 Å². The molecule has 0 amide bonds. The predicted molar refractivity (Wildman–Crippen MR) is 91.7 cm³/mol. The second-order valence-corrected chi connectivity index (χ2v) is 9.39. The third-order valence-corrected chi connectivity index (χ3v) is 8.45. The molecule has 5 rings (SSSR count). The maximum atomic E-state index is 13.4. The Balaban J connectivity index is 1.55. The first-order chi connectivity index (χ1) is 11.9. The molecule has 4 aliphatic carbocycles. The number of rotatable bonds is 0. The summed E-state index contributed by atoms with van der Waals surface area (Å²) in [5.41, 5.74) is 0.940. The molecular formula is C21H28O4. The Morgan fingerprint density at radius 2 is 1.80 bits per heavy atom. The van der Waals surface area contributed by atoms with E-state index in [0.29, 0.717) is 43.7 Å². The summed E-state index contributed by atoms with van der Waals surface area (Å²) in [5.74, 6) is 1.07. The van der Waals surface area contributed by atoms with Gasteiger partial charge in [0.25, 0.3) is 0 Å². The van der Waals surface area contributed by atoms with E-state index in [0.717, 1.165) is 32.1 Å². The highest BCUT2D eigenvalue weighted by Gasteiger charge is 2.69. The van der Waals surface area contributed by atoms with Gasteiger partial charge in [-0.1, -0.05) is 19.4 Å². The predicted octanol–water partition coefficient (Wildman–Crippen LogP) is 3.44. The first-order valence-electron chi connectivity index (χ1n) is 9.94. The summed E-state index contributed by atoms with van der Waals surface area (Å²) < 4.78 is 12.2. The van der Waals surface area contributed by atoms with Crippen LogP contribution in [0.5, 0.6) is 0 Å². The molecule has 0 aromatic heterocycles. The molecule has 4 heteroatoms. The lowest BCUT2D eigenvalue weighted by Gasteiger charge is -2.57. The van der Waals surface area contributed by atoms with Gasteiger partial charge in [-0.2, -0.15) is 0 Å². The largest absolute Gasteiger partial charge is 0.347 e. The van der Waals surface area contributed by atoms with Gasteiger partial charge in [-0.25, -0.2) is 0 Å². The summed E-state index contributed by atoms with van der Waals surface area (Å²) in [6, 6.07) is 0. The van der Waals surface area contributed by atoms with Crippen LogP contribution < -0.4 is 0 Å². The van der Waals surface area contributed by atoms with E-state index in [2.05, 4.69) is 13.8 Å². The molecule has 3 saturated carbocycles. The van der Waals surface area contributed by atoms with Gasteiger partial charge in [0.1, 0.15) is 5.78 Å². The Morgan fingerprint density at radius 1 is 1.04 bits per heavy atom. The van der Waals surface area contributed by atoms with E-state index >= 15 is 0 Å². The number of carbonyl (C=O) groups is 2. The van der Waals surface area contributed by atoms with Gasteiger partial charge in [0.15, 0.2) is 11.6 Å². The fraction of sp³-hybridized carbons (Fsp3) is 0.810. The molecule has 1 heterocycles. The first-order valence-corrected chi connectivity index (χ1v) is 9.94. The third kappa shape index (κ3) is 1.90. The van der Waals surface area contributed by atoms with Gasteiger partial charge in [0.2, 0.25) is 0 Å². The van der Waals surface area contributed by atoms with Crippen LogP contribution in [0, 0.1) is 28.6 Å². The van der Waals surface area contributed by atoms with Gasteiger partial charge < -0.3 is 9.47 Å². The summed E-state index contributed by atoms with van der Waals surface area (Å²) in [4.78, 5) is 25.3. The Morgan fingerprint density at radius 3 is 2.56 bits per heavy atom. The van der Waals surface area contributed by atoms with Crippen LogP contribution >= 0.6 is 0 Å². The molecule has 1 saturated heterocycles. The van der Waals surface area contributed by atoms with E-state index in [1.807, 2.05) is 6.08 Å². The van der Waals surface area contributed by atoms with Crippen molar-refractivity contribution in [3.05, 3.63) is 11.6 Å². The fourth-order valence-electron chi connectivity index (χ4n) is 7.26. The minimum atomic E-state index is -0.530. The highest BCUT2D eigenvalue weighted by atomic mass is 16.7. The quantitative estimate of drug-likeness (QED) is 0.675. The van der Waals surface area contributed by atoms with Crippen molar-refractivity contribution in [2.45, 2.75) is 64.6 Å². The number of allylic oxidation sites excluding steroid dienone is 1. The van der Waals surface area contributed by atoms with Crippen LogP contribution in [-0.2, 0) is 19.1 Å². The van der Waals surface area contributed by atoms with Crippen LogP contribution in [0.2, 0.25) is 0 Å². The van der Waals surface area contributed by atoms with Crippen LogP contribution in [-0.4, -0.2) is 30.6 Å². The summed E-state index contributed by atoms with van der Waals surface area (Å²) in [6.45, 7) is 5.78. The first kappa shape index (κ1) is 16.2. The SMILES string of the molecule is C[C@]12CCC(=O)C=C1CC[C@H]1[C@H]2C(=O)C[C@]2(C)[C@@H]1CCC21OCCO1. The average molecular weight is 344 g/mol. The van der Waals surface area contributed by atoms with E-state index in [1.165, 1.54) is 5.57 Å². The molecule has 0 N–H and O–H groups in total. The number of fused-ring (bicyclic) bond motifs is 6. The maximum absolute atomic E-state index is 13.4. The van der Waals surface area contributed by atoms with E-state index in [4.69, 9.17) is 9.47 Å². The number of hydrogen-bond acceptors (Lipinski definition) is 4. The minimum absolute atomic E-state index is 0.0789. The van der Waals surface area contributed by atoms with Crippen LogP contribution in [0.25, 0.3) is 0 Å². The Bertz CT molecular complexity index is 673. The van der Waals surface area contributed by atoms with Crippen LogP contribution in [0.4, 0.5) is 0 Å². The van der Waals surface area contributed by atoms with Crippen molar-refractivity contribution in [2.75, 3.05) is 13.2 Å². The molecule has 0 unspecified atom stereocenters. The molecule has 0 bridgehead atoms. The monoisotopic (exact) mass is 344 g/mol. The van der Waals surface area contributed by atoms with Crippen LogP contribution in [0.15, 0.2) is 11.6 Å². The molecule has 5 atom stereocenters. The lowest BCUT2D eigenvalue weighted by atomic mass is 9.46. The lowest BCUT2D eigenvalue weighted by Crippen LogP contribution is -2.58. The number of Topliss-reactive ketones (excluding diaryl/α,β-unsaturated/α-hetero) is 1. The van der Waals surface area contributed by atoms with Crippen molar-refractivity contribution < 1.29 is 19.1 Å². The molecule has 0 aromatic rings. The molecule has 25 heavy (non-hydrogen) atoms. The average Bonchev–Trinajstić information content (AvgIpc) is 3.15. The topological polar surface area (TPSA) is 52.6 Å². The Kier molecular flexibility index (Phi) is 3.26. The maximum Gasteiger partial charge on any atom is 0.174 e. The molecule has 1 aliphatic heterocycles. The number of ether oxygens (including phenoxy) is 2. The van der Waals surface area contributed by atoms with Crippen LogP contribution in [0.1, 0.15) is 58.8 Å². The molecule has 0 aromatic carbocycles. The summed E-state index contributed by atoms with van der Waals surface area (Å²) in [6.07, 6.45) is 7.87. The van der Waals surface area contributed by atoms with Crippen molar-refractivity contribution in [2.24, 2.45) is 28.6 Å². The van der Waals surface area contributed by atoms with Crippen LogP contribution in [0.3, 0.4) is 0 Å². The molecule has 136 valence electrons. The fourth-order valence-corrected chi connectivity index (χ4v) is 7.26. The number of ketones is 2. The Hall–Kier alpha value is -1.00. The summed E-state index contributed by atoms with van der Waals surface area (Å²) >= 11 is 0. The van der Waals surface area contributed by atoms with E-state index < -0.39 is 5.79 Å². The zero-order chi connectivity index (χ0) is 17.4.